The molecule has 0 amide bonds. The van der Waals surface area contributed by atoms with Crippen molar-refractivity contribution in [3.8, 4) is 0 Å². The number of hydrogen-bond acceptors (Lipinski definition) is 8. The molecule has 0 aromatic carbocycles. The van der Waals surface area contributed by atoms with Gasteiger partial charge in [-0.25, -0.2) is 19.9 Å². The second kappa shape index (κ2) is 6.46. The zero-order valence-electron chi connectivity index (χ0n) is 14.2. The van der Waals surface area contributed by atoms with E-state index in [4.69, 9.17) is 4.52 Å². The van der Waals surface area contributed by atoms with Gasteiger partial charge in [0.1, 0.15) is 17.4 Å². The van der Waals surface area contributed by atoms with Gasteiger partial charge in [-0.05, 0) is 26.3 Å². The van der Waals surface area contributed by atoms with E-state index in [0.717, 1.165) is 48.6 Å². The van der Waals surface area contributed by atoms with E-state index in [0.29, 0.717) is 5.82 Å². The second-order valence-electron chi connectivity index (χ2n) is 6.18. The summed E-state index contributed by atoms with van der Waals surface area (Å²) < 4.78 is 5.08. The maximum absolute atomic E-state index is 5.08. The molecule has 25 heavy (non-hydrogen) atoms. The van der Waals surface area contributed by atoms with Crippen LogP contribution in [0.1, 0.15) is 29.6 Å². The summed E-state index contributed by atoms with van der Waals surface area (Å²) in [5.41, 5.74) is 0.919. The van der Waals surface area contributed by atoms with Gasteiger partial charge in [-0.2, -0.15) is 0 Å². The third-order valence-electron chi connectivity index (χ3n) is 4.14. The molecule has 0 bridgehead atoms. The van der Waals surface area contributed by atoms with Crippen LogP contribution in [0, 0.1) is 13.8 Å². The molecular weight excluding hydrogens is 318 g/mol. The SMILES string of the molecule is Cc1cc(Nc2cc(C)on2)nc([C@@H]2CCN(c3ncccn3)C2)n1. The van der Waals surface area contributed by atoms with E-state index >= 15 is 0 Å². The van der Waals surface area contributed by atoms with Gasteiger partial charge >= 0.3 is 0 Å². The summed E-state index contributed by atoms with van der Waals surface area (Å²) >= 11 is 0. The van der Waals surface area contributed by atoms with Crippen molar-refractivity contribution >= 4 is 17.6 Å². The van der Waals surface area contributed by atoms with Gasteiger partial charge in [-0.15, -0.1) is 0 Å². The van der Waals surface area contributed by atoms with Crippen LogP contribution in [-0.4, -0.2) is 38.2 Å². The number of hydrogen-bond donors (Lipinski definition) is 1. The van der Waals surface area contributed by atoms with E-state index in [1.807, 2.05) is 32.0 Å². The van der Waals surface area contributed by atoms with Crippen molar-refractivity contribution in [3.63, 3.8) is 0 Å². The van der Waals surface area contributed by atoms with Crippen molar-refractivity contribution in [2.45, 2.75) is 26.2 Å². The Morgan fingerprint density at radius 3 is 2.72 bits per heavy atom. The summed E-state index contributed by atoms with van der Waals surface area (Å²) in [6.45, 7) is 5.54. The van der Waals surface area contributed by atoms with Gasteiger partial charge in [0.2, 0.25) is 5.95 Å². The minimum absolute atomic E-state index is 0.253. The van der Waals surface area contributed by atoms with Crippen LogP contribution in [0.5, 0.6) is 0 Å². The van der Waals surface area contributed by atoms with Crippen LogP contribution < -0.4 is 10.2 Å². The van der Waals surface area contributed by atoms with Crippen molar-refractivity contribution in [3.05, 3.63) is 47.9 Å². The molecule has 4 heterocycles. The van der Waals surface area contributed by atoms with E-state index in [2.05, 4.69) is 35.3 Å². The molecule has 0 unspecified atom stereocenters. The van der Waals surface area contributed by atoms with Crippen LogP contribution >= 0.6 is 0 Å². The standard InChI is InChI=1S/C17H19N7O/c1-11-8-14(21-15-9-12(2)25-23-15)22-16(20-11)13-4-7-24(10-13)17-18-5-3-6-19-17/h3,5-6,8-9,13H,4,7,10H2,1-2H3,(H,20,21,22,23)/t13-/m1/s1. The molecule has 1 fully saturated rings. The van der Waals surface area contributed by atoms with E-state index in [1.54, 1.807) is 12.4 Å². The van der Waals surface area contributed by atoms with Crippen LogP contribution in [0.3, 0.4) is 0 Å². The second-order valence-corrected chi connectivity index (χ2v) is 6.18. The van der Waals surface area contributed by atoms with Gasteiger partial charge in [0.15, 0.2) is 5.82 Å². The van der Waals surface area contributed by atoms with Crippen LogP contribution in [0.2, 0.25) is 0 Å². The number of rotatable bonds is 4. The number of nitrogens with one attached hydrogen (secondary N) is 1. The third kappa shape index (κ3) is 3.42. The zero-order valence-corrected chi connectivity index (χ0v) is 14.2. The highest BCUT2D eigenvalue weighted by molar-refractivity contribution is 5.51. The first-order valence-corrected chi connectivity index (χ1v) is 8.25. The van der Waals surface area contributed by atoms with Gasteiger partial charge in [-0.1, -0.05) is 5.16 Å². The molecular formula is C17H19N7O. The van der Waals surface area contributed by atoms with Crippen LogP contribution in [-0.2, 0) is 0 Å². The molecule has 0 spiro atoms. The summed E-state index contributed by atoms with van der Waals surface area (Å²) in [5, 5.41) is 7.13. The number of anilines is 3. The Hall–Kier alpha value is -3.03. The fourth-order valence-corrected chi connectivity index (χ4v) is 3.00. The predicted molar refractivity (Wildman–Crippen MR) is 92.9 cm³/mol. The van der Waals surface area contributed by atoms with Crippen molar-refractivity contribution in [2.75, 3.05) is 23.3 Å². The molecule has 3 aromatic rings. The zero-order chi connectivity index (χ0) is 17.2. The number of aromatic nitrogens is 5. The van der Waals surface area contributed by atoms with Crippen molar-refractivity contribution in [1.82, 2.24) is 25.1 Å². The summed E-state index contributed by atoms with van der Waals surface area (Å²) in [6.07, 6.45) is 4.51. The minimum atomic E-state index is 0.253. The highest BCUT2D eigenvalue weighted by Gasteiger charge is 2.28. The molecule has 8 nitrogen and oxygen atoms in total. The van der Waals surface area contributed by atoms with Crippen LogP contribution in [0.25, 0.3) is 0 Å². The molecule has 3 aromatic heterocycles. The monoisotopic (exact) mass is 337 g/mol. The molecule has 0 radical (unpaired) electrons. The lowest BCUT2D eigenvalue weighted by Crippen LogP contribution is -2.22. The molecule has 4 rings (SSSR count). The summed E-state index contributed by atoms with van der Waals surface area (Å²) in [4.78, 5) is 20.1. The largest absolute Gasteiger partial charge is 0.360 e. The maximum Gasteiger partial charge on any atom is 0.225 e. The topological polar surface area (TPSA) is 92.9 Å². The normalized spacial score (nSPS) is 17.0. The van der Waals surface area contributed by atoms with Gasteiger partial charge in [0, 0.05) is 49.2 Å². The first-order valence-electron chi connectivity index (χ1n) is 8.25. The van der Waals surface area contributed by atoms with Crippen LogP contribution in [0.4, 0.5) is 17.6 Å². The summed E-state index contributed by atoms with van der Waals surface area (Å²) in [5.74, 6) is 3.97. The predicted octanol–water partition coefficient (Wildman–Crippen LogP) is 2.61. The van der Waals surface area contributed by atoms with Crippen molar-refractivity contribution < 1.29 is 4.52 Å². The number of nitrogens with zero attached hydrogens (tertiary/aromatic N) is 6. The molecule has 128 valence electrons. The molecule has 1 saturated heterocycles. The Kier molecular flexibility index (Phi) is 4.01. The Bertz CT molecular complexity index is 864. The highest BCUT2D eigenvalue weighted by Crippen LogP contribution is 2.28. The molecule has 8 heteroatoms. The summed E-state index contributed by atoms with van der Waals surface area (Å²) in [6, 6.07) is 5.56. The van der Waals surface area contributed by atoms with Gasteiger partial charge < -0.3 is 14.7 Å². The highest BCUT2D eigenvalue weighted by atomic mass is 16.5. The quantitative estimate of drug-likeness (QED) is 0.776. The fraction of sp³-hybridized carbons (Fsp3) is 0.353. The van der Waals surface area contributed by atoms with E-state index in [-0.39, 0.29) is 5.92 Å². The van der Waals surface area contributed by atoms with Crippen molar-refractivity contribution in [2.24, 2.45) is 0 Å². The van der Waals surface area contributed by atoms with Gasteiger partial charge in [-0.3, -0.25) is 0 Å². The van der Waals surface area contributed by atoms with Gasteiger partial charge in [0.05, 0.1) is 0 Å². The molecule has 1 aliphatic heterocycles. The summed E-state index contributed by atoms with van der Waals surface area (Å²) in [7, 11) is 0. The Balaban J connectivity index is 1.52. The van der Waals surface area contributed by atoms with Crippen LogP contribution in [0.15, 0.2) is 35.1 Å². The Morgan fingerprint density at radius 2 is 1.96 bits per heavy atom. The molecule has 0 saturated carbocycles. The number of aryl methyl sites for hydroxylation is 2. The first-order chi connectivity index (χ1) is 12.2. The molecule has 1 aliphatic rings. The maximum atomic E-state index is 5.08. The van der Waals surface area contributed by atoms with E-state index in [9.17, 15) is 0 Å². The smallest absolute Gasteiger partial charge is 0.225 e. The van der Waals surface area contributed by atoms with Crippen molar-refractivity contribution in [1.29, 1.82) is 0 Å². The lowest BCUT2D eigenvalue weighted by molar-refractivity contribution is 0.400. The molecule has 0 aliphatic carbocycles. The molecule has 1 N–H and O–H groups in total. The fourth-order valence-electron chi connectivity index (χ4n) is 3.00. The van der Waals surface area contributed by atoms with E-state index < -0.39 is 0 Å². The third-order valence-corrected chi connectivity index (χ3v) is 4.14. The first kappa shape index (κ1) is 15.5. The molecule has 1 atom stereocenters. The lowest BCUT2D eigenvalue weighted by Gasteiger charge is -2.15. The lowest BCUT2D eigenvalue weighted by atomic mass is 10.1. The van der Waals surface area contributed by atoms with Gasteiger partial charge in [0.25, 0.3) is 0 Å². The average molecular weight is 337 g/mol. The average Bonchev–Trinajstić information content (AvgIpc) is 3.24. The Labute approximate surface area is 145 Å². The minimum Gasteiger partial charge on any atom is -0.360 e. The van der Waals surface area contributed by atoms with E-state index in [1.165, 1.54) is 0 Å². The Morgan fingerprint density at radius 1 is 1.12 bits per heavy atom.